The molecular formula is C16H28N4. The molecule has 4 heteroatoms. The van der Waals surface area contributed by atoms with Gasteiger partial charge in [0.25, 0.3) is 0 Å². The van der Waals surface area contributed by atoms with Gasteiger partial charge in [0.2, 0.25) is 0 Å². The first-order valence-electron chi connectivity index (χ1n) is 7.43. The highest BCUT2D eigenvalue weighted by Crippen LogP contribution is 2.20. The van der Waals surface area contributed by atoms with Crippen LogP contribution in [-0.2, 0) is 0 Å². The van der Waals surface area contributed by atoms with E-state index in [1.807, 2.05) is 6.07 Å². The number of nitrogens with two attached hydrogens (primary N) is 1. The monoisotopic (exact) mass is 276 g/mol. The van der Waals surface area contributed by atoms with Crippen LogP contribution in [-0.4, -0.2) is 36.5 Å². The van der Waals surface area contributed by atoms with Crippen molar-refractivity contribution < 1.29 is 0 Å². The molecule has 112 valence electrons. The summed E-state index contributed by atoms with van der Waals surface area (Å²) in [6, 6.07) is 11.1. The molecule has 3 N–H and O–H groups in total. The Morgan fingerprint density at radius 3 is 2.30 bits per heavy atom. The first-order valence-corrected chi connectivity index (χ1v) is 7.43. The first kappa shape index (κ1) is 16.5. The van der Waals surface area contributed by atoms with Crippen molar-refractivity contribution in [1.29, 1.82) is 0 Å². The average Bonchev–Trinajstić information content (AvgIpc) is 2.43. The van der Waals surface area contributed by atoms with E-state index >= 15 is 0 Å². The molecule has 1 rings (SSSR count). The predicted octanol–water partition coefficient (Wildman–Crippen LogP) is 2.38. The Bertz CT molecular complexity index is 396. The van der Waals surface area contributed by atoms with Gasteiger partial charge < -0.3 is 11.1 Å². The van der Waals surface area contributed by atoms with E-state index in [1.54, 1.807) is 0 Å². The lowest BCUT2D eigenvalue weighted by Gasteiger charge is -2.29. The van der Waals surface area contributed by atoms with Crippen molar-refractivity contribution in [3.63, 3.8) is 0 Å². The molecule has 0 aliphatic heterocycles. The fourth-order valence-electron chi connectivity index (χ4n) is 2.30. The summed E-state index contributed by atoms with van der Waals surface area (Å²) in [4.78, 5) is 6.90. The topological polar surface area (TPSA) is 53.6 Å². The number of hydrogen-bond acceptors (Lipinski definition) is 2. The van der Waals surface area contributed by atoms with Gasteiger partial charge in [-0.1, -0.05) is 44.2 Å². The number of benzene rings is 1. The molecule has 0 saturated heterocycles. The number of likely N-dealkylation sites (N-methyl/N-ethyl adjacent to an activating group) is 1. The van der Waals surface area contributed by atoms with Crippen molar-refractivity contribution in [2.24, 2.45) is 10.7 Å². The second-order valence-electron chi connectivity index (χ2n) is 5.17. The first-order chi connectivity index (χ1) is 9.58. The van der Waals surface area contributed by atoms with Crippen LogP contribution in [0.15, 0.2) is 35.3 Å². The standard InChI is InChI=1S/C16H28N4/c1-5-20(6-2)15(14-10-8-7-9-11-14)12-18-16(17)19-13(3)4/h7-11,13,15H,5-6,12H2,1-4H3,(H3,17,18,19). The molecule has 0 spiro atoms. The smallest absolute Gasteiger partial charge is 0.188 e. The second kappa shape index (κ2) is 8.59. The van der Waals surface area contributed by atoms with Gasteiger partial charge in [0.05, 0.1) is 12.6 Å². The van der Waals surface area contributed by atoms with Crippen LogP contribution in [0.5, 0.6) is 0 Å². The summed E-state index contributed by atoms with van der Waals surface area (Å²) in [5.74, 6) is 0.521. The number of nitrogens with one attached hydrogen (secondary N) is 1. The van der Waals surface area contributed by atoms with Gasteiger partial charge in [-0.05, 0) is 32.5 Å². The van der Waals surface area contributed by atoms with Crippen LogP contribution in [0.25, 0.3) is 0 Å². The van der Waals surface area contributed by atoms with E-state index in [0.717, 1.165) is 13.1 Å². The van der Waals surface area contributed by atoms with Crippen LogP contribution in [0.1, 0.15) is 39.3 Å². The zero-order valence-electron chi connectivity index (χ0n) is 13.1. The Morgan fingerprint density at radius 2 is 1.80 bits per heavy atom. The number of rotatable bonds is 7. The summed E-state index contributed by atoms with van der Waals surface area (Å²) >= 11 is 0. The van der Waals surface area contributed by atoms with Crippen LogP contribution in [0.3, 0.4) is 0 Å². The van der Waals surface area contributed by atoms with Crippen LogP contribution < -0.4 is 11.1 Å². The number of hydrogen-bond donors (Lipinski definition) is 2. The Hall–Kier alpha value is -1.55. The number of aliphatic imine (C=N–C) groups is 1. The van der Waals surface area contributed by atoms with Crippen molar-refractivity contribution in [2.45, 2.75) is 39.8 Å². The molecule has 1 atom stereocenters. The van der Waals surface area contributed by atoms with Gasteiger partial charge in [-0.3, -0.25) is 9.89 Å². The molecular weight excluding hydrogens is 248 g/mol. The fraction of sp³-hybridized carbons (Fsp3) is 0.562. The molecule has 0 heterocycles. The maximum atomic E-state index is 5.90. The van der Waals surface area contributed by atoms with Crippen LogP contribution in [0.4, 0.5) is 0 Å². The third-order valence-electron chi connectivity index (χ3n) is 3.31. The van der Waals surface area contributed by atoms with Crippen molar-refractivity contribution >= 4 is 5.96 Å². The summed E-state index contributed by atoms with van der Waals surface area (Å²) in [5.41, 5.74) is 7.19. The largest absolute Gasteiger partial charge is 0.370 e. The SMILES string of the molecule is CCN(CC)C(CN=C(N)NC(C)C)c1ccccc1. The molecule has 0 aromatic heterocycles. The molecule has 0 saturated carbocycles. The summed E-state index contributed by atoms with van der Waals surface area (Å²) in [6.07, 6.45) is 0. The van der Waals surface area contributed by atoms with E-state index in [-0.39, 0.29) is 6.04 Å². The van der Waals surface area contributed by atoms with Gasteiger partial charge >= 0.3 is 0 Å². The van der Waals surface area contributed by atoms with E-state index in [0.29, 0.717) is 18.5 Å². The van der Waals surface area contributed by atoms with Gasteiger partial charge in [-0.15, -0.1) is 0 Å². The van der Waals surface area contributed by atoms with E-state index in [1.165, 1.54) is 5.56 Å². The lowest BCUT2D eigenvalue weighted by atomic mass is 10.1. The van der Waals surface area contributed by atoms with Crippen LogP contribution in [0, 0.1) is 0 Å². The van der Waals surface area contributed by atoms with Crippen LogP contribution >= 0.6 is 0 Å². The van der Waals surface area contributed by atoms with Crippen molar-refractivity contribution in [1.82, 2.24) is 10.2 Å². The van der Waals surface area contributed by atoms with Gasteiger partial charge in [0, 0.05) is 6.04 Å². The zero-order valence-corrected chi connectivity index (χ0v) is 13.1. The fourth-order valence-corrected chi connectivity index (χ4v) is 2.30. The molecule has 0 aliphatic rings. The highest BCUT2D eigenvalue weighted by molar-refractivity contribution is 5.78. The van der Waals surface area contributed by atoms with Gasteiger partial charge in [-0.25, -0.2) is 0 Å². The Labute approximate surface area is 123 Å². The molecule has 0 fully saturated rings. The Kier molecular flexibility index (Phi) is 7.09. The minimum atomic E-state index is 0.277. The lowest BCUT2D eigenvalue weighted by Crippen LogP contribution is -2.38. The van der Waals surface area contributed by atoms with E-state index in [9.17, 15) is 0 Å². The maximum absolute atomic E-state index is 5.90. The molecule has 0 aliphatic carbocycles. The molecule has 1 aromatic carbocycles. The second-order valence-corrected chi connectivity index (χ2v) is 5.17. The summed E-state index contributed by atoms with van der Waals surface area (Å²) in [7, 11) is 0. The van der Waals surface area contributed by atoms with Crippen molar-refractivity contribution in [3.8, 4) is 0 Å². The molecule has 1 aromatic rings. The summed E-state index contributed by atoms with van der Waals surface area (Å²) in [6.45, 7) is 11.2. The minimum absolute atomic E-state index is 0.277. The Morgan fingerprint density at radius 1 is 1.20 bits per heavy atom. The molecule has 20 heavy (non-hydrogen) atoms. The van der Waals surface area contributed by atoms with Crippen LogP contribution in [0.2, 0.25) is 0 Å². The molecule has 4 nitrogen and oxygen atoms in total. The van der Waals surface area contributed by atoms with Gasteiger partial charge in [0.15, 0.2) is 5.96 Å². The number of nitrogens with zero attached hydrogens (tertiary/aromatic N) is 2. The zero-order chi connectivity index (χ0) is 15.0. The van der Waals surface area contributed by atoms with Gasteiger partial charge in [-0.2, -0.15) is 0 Å². The molecule has 0 radical (unpaired) electrons. The quantitative estimate of drug-likeness (QED) is 0.594. The van der Waals surface area contributed by atoms with Crippen molar-refractivity contribution in [3.05, 3.63) is 35.9 Å². The van der Waals surface area contributed by atoms with E-state index in [2.05, 4.69) is 67.2 Å². The highest BCUT2D eigenvalue weighted by Gasteiger charge is 2.17. The minimum Gasteiger partial charge on any atom is -0.370 e. The normalized spacial score (nSPS) is 13.8. The third-order valence-corrected chi connectivity index (χ3v) is 3.31. The lowest BCUT2D eigenvalue weighted by molar-refractivity contribution is 0.224. The summed E-state index contributed by atoms with van der Waals surface area (Å²) in [5, 5.41) is 3.13. The Balaban J connectivity index is 2.84. The molecule has 0 amide bonds. The summed E-state index contributed by atoms with van der Waals surface area (Å²) < 4.78 is 0. The molecule has 0 bridgehead atoms. The van der Waals surface area contributed by atoms with Gasteiger partial charge in [0.1, 0.15) is 0 Å². The van der Waals surface area contributed by atoms with E-state index in [4.69, 9.17) is 5.73 Å². The van der Waals surface area contributed by atoms with Crippen molar-refractivity contribution in [2.75, 3.05) is 19.6 Å². The average molecular weight is 276 g/mol. The number of guanidine groups is 1. The van der Waals surface area contributed by atoms with E-state index < -0.39 is 0 Å². The predicted molar refractivity (Wildman–Crippen MR) is 86.9 cm³/mol. The maximum Gasteiger partial charge on any atom is 0.188 e. The third kappa shape index (κ3) is 5.21. The highest BCUT2D eigenvalue weighted by atomic mass is 15.2. The molecule has 1 unspecified atom stereocenters.